The summed E-state index contributed by atoms with van der Waals surface area (Å²) in [4.78, 5) is 2.41. The van der Waals surface area contributed by atoms with E-state index in [9.17, 15) is 8.42 Å². The molecule has 2 rings (SSSR count). The second-order valence-electron chi connectivity index (χ2n) is 4.21. The highest BCUT2D eigenvalue weighted by Crippen LogP contribution is 2.30. The van der Waals surface area contributed by atoms with Gasteiger partial charge in [-0.1, -0.05) is 0 Å². The van der Waals surface area contributed by atoms with Crippen LogP contribution in [0, 0.1) is 0 Å². The molecule has 0 bridgehead atoms. The van der Waals surface area contributed by atoms with E-state index < -0.39 is 10.0 Å². The van der Waals surface area contributed by atoms with E-state index in [1.54, 1.807) is 12.1 Å². The van der Waals surface area contributed by atoms with Gasteiger partial charge in [0.25, 0.3) is 0 Å². The Morgan fingerprint density at radius 1 is 1.18 bits per heavy atom. The van der Waals surface area contributed by atoms with Crippen molar-refractivity contribution < 1.29 is 8.42 Å². The van der Waals surface area contributed by atoms with Crippen LogP contribution < -0.4 is 10.0 Å². The lowest BCUT2D eigenvalue weighted by Crippen LogP contribution is -2.29. The zero-order chi connectivity index (χ0) is 12.5. The molecule has 0 radical (unpaired) electrons. The second kappa shape index (κ2) is 4.96. The highest BCUT2D eigenvalue weighted by molar-refractivity contribution is 9.10. The number of primary sulfonamides is 1. The van der Waals surface area contributed by atoms with Crippen LogP contribution in [0.4, 0.5) is 5.69 Å². The van der Waals surface area contributed by atoms with Gasteiger partial charge in [-0.3, -0.25) is 0 Å². The molecular weight excluding hydrogens is 304 g/mol. The normalized spacial score (nSPS) is 17.2. The lowest BCUT2D eigenvalue weighted by atomic mass is 10.1. The van der Waals surface area contributed by atoms with Crippen LogP contribution in [-0.4, -0.2) is 21.5 Å². The van der Waals surface area contributed by atoms with Gasteiger partial charge in [0.15, 0.2) is 0 Å². The van der Waals surface area contributed by atoms with Gasteiger partial charge in [-0.25, -0.2) is 13.6 Å². The van der Waals surface area contributed by atoms with Gasteiger partial charge in [-0.2, -0.15) is 0 Å². The summed E-state index contributed by atoms with van der Waals surface area (Å²) in [5, 5.41) is 5.09. The Morgan fingerprint density at radius 3 is 2.35 bits per heavy atom. The third-order valence-electron chi connectivity index (χ3n) is 2.94. The van der Waals surface area contributed by atoms with Crippen molar-refractivity contribution in [3.05, 3.63) is 22.7 Å². The summed E-state index contributed by atoms with van der Waals surface area (Å²) in [5.74, 6) is 0. The van der Waals surface area contributed by atoms with Crippen LogP contribution in [0.25, 0.3) is 0 Å². The van der Waals surface area contributed by atoms with Gasteiger partial charge < -0.3 is 4.90 Å². The van der Waals surface area contributed by atoms with Crippen molar-refractivity contribution in [1.82, 2.24) is 0 Å². The minimum absolute atomic E-state index is 0.144. The van der Waals surface area contributed by atoms with Crippen molar-refractivity contribution in [2.45, 2.75) is 24.2 Å². The van der Waals surface area contributed by atoms with Crippen molar-refractivity contribution in [2.24, 2.45) is 5.14 Å². The van der Waals surface area contributed by atoms with Gasteiger partial charge in [-0.05, 0) is 53.4 Å². The Balaban J connectivity index is 2.31. The molecule has 1 aromatic rings. The van der Waals surface area contributed by atoms with E-state index in [1.807, 2.05) is 6.07 Å². The minimum atomic E-state index is -3.62. The minimum Gasteiger partial charge on any atom is -0.371 e. The standard InChI is InChI=1S/C11H15BrN2O2S/c12-10-8-9(17(13,15)16)4-5-11(10)14-6-2-1-3-7-14/h4-5,8H,1-3,6-7H2,(H2,13,15,16). The van der Waals surface area contributed by atoms with Crippen molar-refractivity contribution in [3.63, 3.8) is 0 Å². The summed E-state index contributed by atoms with van der Waals surface area (Å²) in [7, 11) is -3.62. The third kappa shape index (κ3) is 3.00. The molecular formula is C11H15BrN2O2S. The van der Waals surface area contributed by atoms with Gasteiger partial charge in [-0.15, -0.1) is 0 Å². The molecule has 0 aromatic heterocycles. The predicted octanol–water partition coefficient (Wildman–Crippen LogP) is 2.09. The topological polar surface area (TPSA) is 63.4 Å². The van der Waals surface area contributed by atoms with Crippen molar-refractivity contribution in [1.29, 1.82) is 0 Å². The van der Waals surface area contributed by atoms with Crippen molar-refractivity contribution in [3.8, 4) is 0 Å². The molecule has 0 aliphatic carbocycles. The van der Waals surface area contributed by atoms with Crippen LogP contribution >= 0.6 is 15.9 Å². The maximum absolute atomic E-state index is 11.2. The molecule has 1 heterocycles. The summed E-state index contributed by atoms with van der Waals surface area (Å²) < 4.78 is 23.2. The number of hydrogen-bond acceptors (Lipinski definition) is 3. The van der Waals surface area contributed by atoms with E-state index in [2.05, 4.69) is 20.8 Å². The fourth-order valence-corrected chi connectivity index (χ4v) is 3.38. The van der Waals surface area contributed by atoms with Crippen LogP contribution in [0.3, 0.4) is 0 Å². The van der Waals surface area contributed by atoms with E-state index in [4.69, 9.17) is 5.14 Å². The number of anilines is 1. The largest absolute Gasteiger partial charge is 0.371 e. The summed E-state index contributed by atoms with van der Waals surface area (Å²) >= 11 is 3.41. The smallest absolute Gasteiger partial charge is 0.238 e. The van der Waals surface area contributed by atoms with Gasteiger partial charge in [0.2, 0.25) is 10.0 Å². The van der Waals surface area contributed by atoms with Gasteiger partial charge >= 0.3 is 0 Å². The molecule has 1 aromatic carbocycles. The molecule has 0 spiro atoms. The first kappa shape index (κ1) is 12.9. The van der Waals surface area contributed by atoms with E-state index in [1.165, 1.54) is 19.3 Å². The number of rotatable bonds is 2. The SMILES string of the molecule is NS(=O)(=O)c1ccc(N2CCCCC2)c(Br)c1. The average Bonchev–Trinajstić information content (AvgIpc) is 2.29. The van der Waals surface area contributed by atoms with Gasteiger partial charge in [0, 0.05) is 17.6 Å². The first-order chi connectivity index (χ1) is 7.98. The molecule has 1 aliphatic heterocycles. The molecule has 2 N–H and O–H groups in total. The first-order valence-corrected chi connectivity index (χ1v) is 7.90. The number of halogens is 1. The van der Waals surface area contributed by atoms with Gasteiger partial charge in [0.1, 0.15) is 0 Å². The first-order valence-electron chi connectivity index (χ1n) is 5.56. The lowest BCUT2D eigenvalue weighted by molar-refractivity contribution is 0.577. The third-order valence-corrected chi connectivity index (χ3v) is 4.49. The Hall–Kier alpha value is -0.590. The van der Waals surface area contributed by atoms with Crippen LogP contribution in [0.5, 0.6) is 0 Å². The molecule has 1 saturated heterocycles. The molecule has 6 heteroatoms. The zero-order valence-corrected chi connectivity index (χ0v) is 11.8. The number of nitrogens with zero attached hydrogens (tertiary/aromatic N) is 1. The van der Waals surface area contributed by atoms with Crippen LogP contribution in [-0.2, 0) is 10.0 Å². The Labute approximate surface area is 110 Å². The monoisotopic (exact) mass is 318 g/mol. The molecule has 4 nitrogen and oxygen atoms in total. The molecule has 0 atom stereocenters. The number of sulfonamides is 1. The Bertz CT molecular complexity index is 510. The molecule has 0 amide bonds. The maximum atomic E-state index is 11.2. The quantitative estimate of drug-likeness (QED) is 0.908. The Kier molecular flexibility index (Phi) is 3.75. The van der Waals surface area contributed by atoms with Crippen LogP contribution in [0.1, 0.15) is 19.3 Å². The van der Waals surface area contributed by atoms with E-state index in [0.717, 1.165) is 23.2 Å². The van der Waals surface area contributed by atoms with Gasteiger partial charge in [0.05, 0.1) is 10.6 Å². The second-order valence-corrected chi connectivity index (χ2v) is 6.62. The number of hydrogen-bond donors (Lipinski definition) is 1. The summed E-state index contributed by atoms with van der Waals surface area (Å²) in [6.07, 6.45) is 3.64. The molecule has 1 fully saturated rings. The molecule has 0 saturated carbocycles. The van der Waals surface area contributed by atoms with E-state index in [0.29, 0.717) is 0 Å². The number of piperidine rings is 1. The number of benzene rings is 1. The summed E-state index contributed by atoms with van der Waals surface area (Å²) in [6, 6.07) is 4.94. The highest BCUT2D eigenvalue weighted by Gasteiger charge is 2.16. The molecule has 0 unspecified atom stereocenters. The van der Waals surface area contributed by atoms with Crippen molar-refractivity contribution in [2.75, 3.05) is 18.0 Å². The predicted molar refractivity (Wildman–Crippen MR) is 71.6 cm³/mol. The van der Waals surface area contributed by atoms with E-state index >= 15 is 0 Å². The van der Waals surface area contributed by atoms with Crippen molar-refractivity contribution >= 4 is 31.6 Å². The summed E-state index contributed by atoms with van der Waals surface area (Å²) in [6.45, 7) is 2.04. The van der Waals surface area contributed by atoms with Crippen LogP contribution in [0.2, 0.25) is 0 Å². The highest BCUT2D eigenvalue weighted by atomic mass is 79.9. The lowest BCUT2D eigenvalue weighted by Gasteiger charge is -2.29. The number of nitrogens with two attached hydrogens (primary N) is 1. The maximum Gasteiger partial charge on any atom is 0.238 e. The fourth-order valence-electron chi connectivity index (χ4n) is 2.06. The zero-order valence-electron chi connectivity index (χ0n) is 9.39. The summed E-state index contributed by atoms with van der Waals surface area (Å²) in [5.41, 5.74) is 1.04. The Morgan fingerprint density at radius 2 is 1.82 bits per heavy atom. The average molecular weight is 319 g/mol. The molecule has 1 aliphatic rings. The van der Waals surface area contributed by atoms with Crippen LogP contribution in [0.15, 0.2) is 27.6 Å². The fraction of sp³-hybridized carbons (Fsp3) is 0.455. The van der Waals surface area contributed by atoms with E-state index in [-0.39, 0.29) is 4.90 Å². The molecule has 17 heavy (non-hydrogen) atoms. The molecule has 94 valence electrons.